The number of aliphatic hydroxyl groups is 2. The van der Waals surface area contributed by atoms with Gasteiger partial charge in [-0.15, -0.1) is 0 Å². The predicted molar refractivity (Wildman–Crippen MR) is 65.2 cm³/mol. The van der Waals surface area contributed by atoms with E-state index in [0.717, 1.165) is 9.13 Å². The molecule has 2 N–H and O–H groups in total. The first-order chi connectivity index (χ1) is 7.21. The van der Waals surface area contributed by atoms with Crippen LogP contribution in [0.5, 0.6) is 0 Å². The molecule has 4 heteroatoms. The summed E-state index contributed by atoms with van der Waals surface area (Å²) >= 11 is 2.16. The van der Waals surface area contributed by atoms with Gasteiger partial charge in [0, 0.05) is 22.7 Å². The average molecular weight is 317 g/mol. The molecule has 0 saturated heterocycles. The molecule has 0 aromatic heterocycles. The van der Waals surface area contributed by atoms with Crippen molar-refractivity contribution < 1.29 is 10.2 Å². The Labute approximate surface area is 102 Å². The second-order valence-corrected chi connectivity index (χ2v) is 4.52. The van der Waals surface area contributed by atoms with Gasteiger partial charge >= 0.3 is 0 Å². The van der Waals surface area contributed by atoms with Crippen molar-refractivity contribution >= 4 is 22.6 Å². The van der Waals surface area contributed by atoms with Crippen molar-refractivity contribution in [2.75, 3.05) is 13.2 Å². The third kappa shape index (κ3) is 3.45. The van der Waals surface area contributed by atoms with Gasteiger partial charge in [0.25, 0.3) is 0 Å². The first kappa shape index (κ1) is 12.4. The Morgan fingerprint density at radius 3 is 2.47 bits per heavy atom. The minimum Gasteiger partial charge on any atom is -0.396 e. The quantitative estimate of drug-likeness (QED) is 0.823. The maximum atomic E-state index is 8.96. The zero-order valence-electron chi connectivity index (χ0n) is 8.15. The van der Waals surface area contributed by atoms with Crippen LogP contribution in [0, 0.1) is 20.8 Å². The topological polar surface area (TPSA) is 64.2 Å². The molecule has 0 aliphatic carbocycles. The van der Waals surface area contributed by atoms with Gasteiger partial charge in [-0.25, -0.2) is 0 Å². The van der Waals surface area contributed by atoms with Gasteiger partial charge < -0.3 is 10.2 Å². The van der Waals surface area contributed by atoms with E-state index in [2.05, 4.69) is 28.7 Å². The van der Waals surface area contributed by atoms with E-state index < -0.39 is 0 Å². The van der Waals surface area contributed by atoms with Crippen LogP contribution in [0.3, 0.4) is 0 Å². The number of hydrogen-bond donors (Lipinski definition) is 2. The second kappa shape index (κ2) is 6.05. The lowest BCUT2D eigenvalue weighted by Gasteiger charge is -2.12. The zero-order valence-corrected chi connectivity index (χ0v) is 10.3. The molecule has 80 valence electrons. The van der Waals surface area contributed by atoms with E-state index in [4.69, 9.17) is 15.5 Å². The van der Waals surface area contributed by atoms with Crippen LogP contribution >= 0.6 is 22.6 Å². The van der Waals surface area contributed by atoms with Gasteiger partial charge in [-0.1, -0.05) is 6.07 Å². The summed E-state index contributed by atoms with van der Waals surface area (Å²) in [5.74, 6) is -0.119. The molecule has 0 fully saturated rings. The fourth-order valence-electron chi connectivity index (χ4n) is 1.28. The van der Waals surface area contributed by atoms with Crippen molar-refractivity contribution in [3.8, 4) is 6.07 Å². The lowest BCUT2D eigenvalue weighted by atomic mass is 10.00. The first-order valence-corrected chi connectivity index (χ1v) is 5.69. The lowest BCUT2D eigenvalue weighted by molar-refractivity contribution is 0.150. The highest BCUT2D eigenvalue weighted by Gasteiger charge is 2.09. The molecule has 3 nitrogen and oxygen atoms in total. The molecule has 0 atom stereocenters. The molecule has 0 unspecified atom stereocenters. The van der Waals surface area contributed by atoms with Gasteiger partial charge in [0.2, 0.25) is 0 Å². The normalized spacial score (nSPS) is 10.3. The number of benzene rings is 1. The summed E-state index contributed by atoms with van der Waals surface area (Å²) in [6.07, 6.45) is 0.636. The number of aliphatic hydroxyl groups excluding tert-OH is 2. The molecule has 15 heavy (non-hydrogen) atoms. The number of hydrogen-bond acceptors (Lipinski definition) is 3. The maximum absolute atomic E-state index is 8.96. The van der Waals surface area contributed by atoms with E-state index in [-0.39, 0.29) is 19.1 Å². The standard InChI is InChI=1S/C11H12INO2/c12-11-4-8(5-13)1-2-10(11)3-9(6-14)7-15/h1-2,4,9,14-15H,3,6-7H2. The van der Waals surface area contributed by atoms with E-state index in [9.17, 15) is 0 Å². The van der Waals surface area contributed by atoms with Crippen molar-refractivity contribution in [3.63, 3.8) is 0 Å². The summed E-state index contributed by atoms with van der Waals surface area (Å²) in [4.78, 5) is 0. The van der Waals surface area contributed by atoms with Gasteiger partial charge in [-0.3, -0.25) is 0 Å². The molecule has 0 saturated carbocycles. The van der Waals surface area contributed by atoms with E-state index in [1.807, 2.05) is 12.1 Å². The van der Waals surface area contributed by atoms with Crippen LogP contribution in [0.1, 0.15) is 11.1 Å². The number of halogens is 1. The van der Waals surface area contributed by atoms with Gasteiger partial charge in [0.15, 0.2) is 0 Å². The van der Waals surface area contributed by atoms with Crippen molar-refractivity contribution in [3.05, 3.63) is 32.9 Å². The van der Waals surface area contributed by atoms with Crippen molar-refractivity contribution in [1.29, 1.82) is 5.26 Å². The van der Waals surface area contributed by atoms with Crippen LogP contribution in [0.25, 0.3) is 0 Å². The van der Waals surface area contributed by atoms with Gasteiger partial charge in [0.05, 0.1) is 11.6 Å². The average Bonchev–Trinajstić information content (AvgIpc) is 2.27. The lowest BCUT2D eigenvalue weighted by Crippen LogP contribution is -2.14. The van der Waals surface area contributed by atoms with Gasteiger partial charge in [0.1, 0.15) is 0 Å². The molecule has 1 aromatic rings. The third-order valence-electron chi connectivity index (χ3n) is 2.21. The Hall–Kier alpha value is -0.640. The monoisotopic (exact) mass is 317 g/mol. The largest absolute Gasteiger partial charge is 0.396 e. The summed E-state index contributed by atoms with van der Waals surface area (Å²) in [5.41, 5.74) is 1.69. The molecule has 1 aromatic carbocycles. The molecule has 1 rings (SSSR count). The molecule has 0 aliphatic heterocycles. The molecule has 0 spiro atoms. The smallest absolute Gasteiger partial charge is 0.0991 e. The van der Waals surface area contributed by atoms with Crippen LogP contribution < -0.4 is 0 Å². The van der Waals surface area contributed by atoms with Crippen LogP contribution in [0.4, 0.5) is 0 Å². The Balaban J connectivity index is 2.83. The molecule has 0 bridgehead atoms. The zero-order chi connectivity index (χ0) is 11.3. The maximum Gasteiger partial charge on any atom is 0.0991 e. The molecule has 0 aliphatic rings. The predicted octanol–water partition coefficient (Wildman–Crippen LogP) is 1.31. The van der Waals surface area contributed by atoms with E-state index in [0.29, 0.717) is 12.0 Å². The summed E-state index contributed by atoms with van der Waals surface area (Å²) in [6, 6.07) is 7.51. The number of nitriles is 1. The minimum absolute atomic E-state index is 0.0212. The van der Waals surface area contributed by atoms with Crippen molar-refractivity contribution in [2.45, 2.75) is 6.42 Å². The fourth-order valence-corrected chi connectivity index (χ4v) is 2.02. The third-order valence-corrected chi connectivity index (χ3v) is 3.21. The Bertz CT molecular complexity index is 369. The first-order valence-electron chi connectivity index (χ1n) is 4.61. The molecular formula is C11H12INO2. The van der Waals surface area contributed by atoms with Gasteiger partial charge in [-0.2, -0.15) is 5.26 Å². The molecule has 0 amide bonds. The summed E-state index contributed by atoms with van der Waals surface area (Å²) in [6.45, 7) is -0.0425. The molecule has 0 heterocycles. The molecule has 0 radical (unpaired) electrons. The van der Waals surface area contributed by atoms with Gasteiger partial charge in [-0.05, 0) is 46.7 Å². The summed E-state index contributed by atoms with van der Waals surface area (Å²) < 4.78 is 0.999. The van der Waals surface area contributed by atoms with Crippen LogP contribution in [-0.2, 0) is 6.42 Å². The Kier molecular flexibility index (Phi) is 5.02. The Morgan fingerprint density at radius 2 is 2.00 bits per heavy atom. The second-order valence-electron chi connectivity index (χ2n) is 3.35. The van der Waals surface area contributed by atoms with Crippen LogP contribution in [0.2, 0.25) is 0 Å². The highest BCUT2D eigenvalue weighted by Crippen LogP contribution is 2.17. The highest BCUT2D eigenvalue weighted by atomic mass is 127. The van der Waals surface area contributed by atoms with Crippen LogP contribution in [0.15, 0.2) is 18.2 Å². The molecular weight excluding hydrogens is 305 g/mol. The van der Waals surface area contributed by atoms with Crippen molar-refractivity contribution in [2.24, 2.45) is 5.92 Å². The van der Waals surface area contributed by atoms with Crippen molar-refractivity contribution in [1.82, 2.24) is 0 Å². The number of nitrogens with zero attached hydrogens (tertiary/aromatic N) is 1. The summed E-state index contributed by atoms with van der Waals surface area (Å²) in [5, 5.41) is 26.6. The van der Waals surface area contributed by atoms with E-state index in [1.165, 1.54) is 0 Å². The summed E-state index contributed by atoms with van der Waals surface area (Å²) in [7, 11) is 0. The van der Waals surface area contributed by atoms with E-state index >= 15 is 0 Å². The Morgan fingerprint density at radius 1 is 1.33 bits per heavy atom. The SMILES string of the molecule is N#Cc1ccc(CC(CO)CO)c(I)c1. The highest BCUT2D eigenvalue weighted by molar-refractivity contribution is 14.1. The van der Waals surface area contributed by atoms with Crippen LogP contribution in [-0.4, -0.2) is 23.4 Å². The van der Waals surface area contributed by atoms with E-state index in [1.54, 1.807) is 6.07 Å². The fraction of sp³-hybridized carbons (Fsp3) is 0.364. The minimum atomic E-state index is -0.119. The number of rotatable bonds is 4.